The van der Waals surface area contributed by atoms with Crippen molar-refractivity contribution in [3.05, 3.63) is 212 Å². The summed E-state index contributed by atoms with van der Waals surface area (Å²) < 4.78 is 68.1. The highest BCUT2D eigenvalue weighted by Gasteiger charge is 2.55. The van der Waals surface area contributed by atoms with E-state index in [-0.39, 0.29) is 46.2 Å². The molecule has 6 aromatic rings. The lowest BCUT2D eigenvalue weighted by atomic mass is 9.94. The molecular weight excluding hydrogens is 917 g/mol. The van der Waals surface area contributed by atoms with Crippen molar-refractivity contribution in [2.45, 2.75) is 113 Å². The van der Waals surface area contributed by atoms with Crippen molar-refractivity contribution in [3.63, 3.8) is 0 Å². The maximum atomic E-state index is 10.2. The van der Waals surface area contributed by atoms with Gasteiger partial charge in [0.1, 0.15) is 48.8 Å². The third-order valence-corrected chi connectivity index (χ3v) is 12.9. The number of rotatable bonds is 24. The summed E-state index contributed by atoms with van der Waals surface area (Å²) >= 11 is 0. The highest BCUT2D eigenvalue weighted by atomic mass is 16.8. The van der Waals surface area contributed by atoms with Gasteiger partial charge in [-0.3, -0.25) is 0 Å². The second kappa shape index (κ2) is 26.5. The van der Waals surface area contributed by atoms with E-state index in [0.29, 0.717) is 19.4 Å². The Hall–Kier alpha value is -6.20. The summed E-state index contributed by atoms with van der Waals surface area (Å²) in [5.74, 6) is 0. The van der Waals surface area contributed by atoms with Gasteiger partial charge in [0.05, 0.1) is 39.6 Å². The molecule has 0 aromatic heterocycles. The van der Waals surface area contributed by atoms with Gasteiger partial charge in [0.2, 0.25) is 0 Å². The van der Waals surface area contributed by atoms with Gasteiger partial charge < -0.3 is 47.4 Å². The van der Waals surface area contributed by atoms with Gasteiger partial charge in [0, 0.05) is 28.5 Å². The molecule has 0 N–H and O–H groups in total. The first-order valence-electron chi connectivity index (χ1n) is 24.6. The smallest absolute Gasteiger partial charge is 0.187 e. The van der Waals surface area contributed by atoms with Crippen LogP contribution in [0.25, 0.3) is 31.7 Å². The molecule has 3 aliphatic heterocycles. The summed E-state index contributed by atoms with van der Waals surface area (Å²) in [5.41, 5.74) is 23.5. The van der Waals surface area contributed by atoms with Gasteiger partial charge in [-0.25, -0.2) is 0 Å². The summed E-state index contributed by atoms with van der Waals surface area (Å²) in [6.07, 6.45) is -6.58. The Morgan fingerprint density at radius 2 is 1.15 bits per heavy atom. The normalized spacial score (nSPS) is 26.0. The van der Waals surface area contributed by atoms with Crippen LogP contribution in [0.3, 0.4) is 0 Å². The summed E-state index contributed by atoms with van der Waals surface area (Å²) in [7, 11) is 0. The van der Waals surface area contributed by atoms with Crippen molar-refractivity contribution in [1.29, 1.82) is 0 Å². The van der Waals surface area contributed by atoms with E-state index >= 15 is 0 Å². The van der Waals surface area contributed by atoms with E-state index in [1.165, 1.54) is 0 Å². The third-order valence-electron chi connectivity index (χ3n) is 12.9. The van der Waals surface area contributed by atoms with Crippen molar-refractivity contribution in [1.82, 2.24) is 0 Å². The van der Waals surface area contributed by atoms with Crippen LogP contribution in [0.15, 0.2) is 174 Å². The molecule has 11 atom stereocenters. The van der Waals surface area contributed by atoms with Gasteiger partial charge in [-0.05, 0) is 63.0 Å². The van der Waals surface area contributed by atoms with Crippen LogP contribution in [0.4, 0.5) is 0 Å². The molecular formula is C56H60N6O10. The second-order valence-electron chi connectivity index (χ2n) is 17.9. The van der Waals surface area contributed by atoms with E-state index in [1.54, 1.807) is 0 Å². The number of nitrogens with zero attached hydrogens (tertiary/aromatic N) is 6. The zero-order chi connectivity index (χ0) is 49.2. The number of hydrogen-bond donors (Lipinski definition) is 0. The minimum atomic E-state index is -1.13. The summed E-state index contributed by atoms with van der Waals surface area (Å²) in [6.45, 7) is 1.72. The number of ether oxygens (including phenoxy) is 10. The van der Waals surface area contributed by atoms with E-state index in [2.05, 4.69) is 50.4 Å². The molecule has 0 saturated carbocycles. The molecule has 0 unspecified atom stereocenters. The molecule has 3 aliphatic rings. The first-order chi connectivity index (χ1) is 35.6. The first-order valence-corrected chi connectivity index (χ1v) is 24.6. The Morgan fingerprint density at radius 3 is 1.85 bits per heavy atom. The predicted molar refractivity (Wildman–Crippen MR) is 268 cm³/mol. The van der Waals surface area contributed by atoms with Crippen LogP contribution in [0.1, 0.15) is 53.4 Å². The number of benzene rings is 6. The molecule has 9 rings (SSSR count). The summed E-state index contributed by atoms with van der Waals surface area (Å²) in [6, 6.07) is 52.7. The first kappa shape index (κ1) is 50.7. The zero-order valence-corrected chi connectivity index (χ0v) is 40.0. The van der Waals surface area contributed by atoms with Crippen LogP contribution >= 0.6 is 0 Å². The fourth-order valence-corrected chi connectivity index (χ4v) is 9.28. The van der Waals surface area contributed by atoms with Crippen molar-refractivity contribution in [2.75, 3.05) is 26.4 Å². The van der Waals surface area contributed by atoms with Gasteiger partial charge in [-0.15, -0.1) is 0 Å². The molecule has 16 heteroatoms. The van der Waals surface area contributed by atoms with Crippen LogP contribution in [0.5, 0.6) is 0 Å². The molecule has 0 bridgehead atoms. The minimum absolute atomic E-state index is 0.0426. The van der Waals surface area contributed by atoms with Gasteiger partial charge in [0.25, 0.3) is 0 Å². The molecule has 3 heterocycles. The molecule has 0 radical (unpaired) electrons. The highest BCUT2D eigenvalue weighted by Crippen LogP contribution is 2.40. The number of fused-ring (bicyclic) bond motifs is 2. The molecule has 16 nitrogen and oxygen atoms in total. The Labute approximate surface area is 419 Å². The third kappa shape index (κ3) is 13.6. The van der Waals surface area contributed by atoms with Crippen molar-refractivity contribution >= 4 is 10.8 Å². The van der Waals surface area contributed by atoms with Crippen LogP contribution in [-0.4, -0.2) is 87.7 Å². The number of unbranched alkanes of at least 4 members (excludes halogenated alkanes) is 2. The standard InChI is InChI=1S/C56H60N6O10/c57-61-59-30-16-5-17-31-64-55-48(60-62-58)51(65-34-40-20-8-2-9-21-40)49(46(69-55)37-63-33-39-18-6-1-7-19-39)72-56-53(67-35-41-22-10-3-11-23-41)52(66-36-42-28-29-43-24-14-15-27-45(43)32-42)50-47(70-56)38-68-54(71-50)44-25-12-4-13-26-44/h1-4,6-15,18-29,32,46-56H,5,16-17,30-31,33-38H2/t46-,47-,48-,49-,50+,51-,52+,53-,54+,55-,56+/m1/s1. The van der Waals surface area contributed by atoms with Crippen LogP contribution < -0.4 is 0 Å². The summed E-state index contributed by atoms with van der Waals surface area (Å²) in [4.78, 5) is 6.15. The average molecular weight is 977 g/mol. The number of azide groups is 2. The monoisotopic (exact) mass is 976 g/mol. The SMILES string of the molecule is [N-]=[N+]=NCCCCCO[C@@H]1O[C@H](COCc2ccccc2)[C@@H](O[C@@H]2O[C@@H]3CO[C@H](c4ccccc4)O[C@@H]3[C@H](OCc3ccc4ccccc4c3)[C@H]2OCc2ccccc2)[C@H](OCc2ccccc2)[C@H]1N=[N+]=[N-]. The van der Waals surface area contributed by atoms with Crippen LogP contribution in [-0.2, 0) is 73.8 Å². The Bertz CT molecular complexity index is 2670. The van der Waals surface area contributed by atoms with E-state index in [1.807, 2.05) is 133 Å². The van der Waals surface area contributed by atoms with Gasteiger partial charge in [-0.2, -0.15) is 0 Å². The van der Waals surface area contributed by atoms with E-state index in [4.69, 9.17) is 52.9 Å². The lowest BCUT2D eigenvalue weighted by Gasteiger charge is -2.51. The quantitative estimate of drug-likeness (QED) is 0.0244. The predicted octanol–water partition coefficient (Wildman–Crippen LogP) is 11.2. The topological polar surface area (TPSA) is 190 Å². The molecule has 3 fully saturated rings. The van der Waals surface area contributed by atoms with E-state index in [9.17, 15) is 5.53 Å². The molecule has 6 aromatic carbocycles. The zero-order valence-electron chi connectivity index (χ0n) is 40.0. The van der Waals surface area contributed by atoms with E-state index < -0.39 is 67.6 Å². The minimum Gasteiger partial charge on any atom is -0.374 e. The fourth-order valence-electron chi connectivity index (χ4n) is 9.28. The lowest BCUT2D eigenvalue weighted by Crippen LogP contribution is -2.66. The molecule has 0 amide bonds. The Balaban J connectivity index is 1.07. The van der Waals surface area contributed by atoms with Gasteiger partial charge in [-0.1, -0.05) is 174 Å². The Morgan fingerprint density at radius 1 is 0.528 bits per heavy atom. The van der Waals surface area contributed by atoms with Gasteiger partial charge >= 0.3 is 0 Å². The number of hydrogen-bond acceptors (Lipinski definition) is 12. The molecule has 0 spiro atoms. The molecule has 3 saturated heterocycles. The van der Waals surface area contributed by atoms with Crippen molar-refractivity contribution < 1.29 is 47.4 Å². The largest absolute Gasteiger partial charge is 0.374 e. The van der Waals surface area contributed by atoms with Crippen LogP contribution in [0, 0.1) is 0 Å². The van der Waals surface area contributed by atoms with Crippen molar-refractivity contribution in [3.8, 4) is 0 Å². The maximum Gasteiger partial charge on any atom is 0.187 e. The molecule has 374 valence electrons. The maximum absolute atomic E-state index is 10.2. The van der Waals surface area contributed by atoms with Crippen LogP contribution in [0.2, 0.25) is 0 Å². The lowest BCUT2D eigenvalue weighted by molar-refractivity contribution is -0.391. The Kier molecular flexibility index (Phi) is 18.7. The van der Waals surface area contributed by atoms with E-state index in [0.717, 1.165) is 45.0 Å². The second-order valence-corrected chi connectivity index (χ2v) is 17.9. The average Bonchev–Trinajstić information content (AvgIpc) is 3.43. The molecule has 72 heavy (non-hydrogen) atoms. The van der Waals surface area contributed by atoms with Crippen molar-refractivity contribution in [2.24, 2.45) is 10.2 Å². The highest BCUT2D eigenvalue weighted by molar-refractivity contribution is 5.82. The van der Waals surface area contributed by atoms with Gasteiger partial charge in [0.15, 0.2) is 18.9 Å². The fraction of sp³-hybridized carbons (Fsp3) is 0.393. The summed E-state index contributed by atoms with van der Waals surface area (Å²) in [5, 5.41) is 10.2. The molecule has 0 aliphatic carbocycles.